The third kappa shape index (κ3) is 5.13. The minimum Gasteiger partial charge on any atom is -0.382 e. The Morgan fingerprint density at radius 2 is 2.18 bits per heavy atom. The molecule has 1 aromatic rings. The van der Waals surface area contributed by atoms with Crippen molar-refractivity contribution in [2.24, 2.45) is 5.92 Å². The van der Waals surface area contributed by atoms with E-state index < -0.39 is 0 Å². The van der Waals surface area contributed by atoms with E-state index in [1.165, 1.54) is 24.8 Å². The molecular formula is C18H27Cl2NO. The van der Waals surface area contributed by atoms with Gasteiger partial charge in [-0.2, -0.15) is 0 Å². The molecule has 1 heterocycles. The Morgan fingerprint density at radius 3 is 2.91 bits per heavy atom. The fourth-order valence-corrected chi connectivity index (χ4v) is 3.83. The van der Waals surface area contributed by atoms with Crippen LogP contribution in [-0.2, 0) is 4.74 Å². The highest BCUT2D eigenvalue weighted by Gasteiger charge is 2.26. The zero-order valence-corrected chi connectivity index (χ0v) is 14.9. The maximum Gasteiger partial charge on any atom is 0.0627 e. The summed E-state index contributed by atoms with van der Waals surface area (Å²) >= 11 is 12.7. The van der Waals surface area contributed by atoms with E-state index >= 15 is 0 Å². The SMILES string of the molecule is CCOCCCC[C@H](c1cccc(Cl)c1Cl)[C@H]1CCCNC1. The minimum atomic E-state index is 0.487. The van der Waals surface area contributed by atoms with Gasteiger partial charge in [-0.1, -0.05) is 41.8 Å². The molecule has 0 radical (unpaired) electrons. The van der Waals surface area contributed by atoms with Crippen LogP contribution in [0.25, 0.3) is 0 Å². The van der Waals surface area contributed by atoms with Crippen LogP contribution in [0, 0.1) is 5.92 Å². The second kappa shape index (κ2) is 9.77. The smallest absolute Gasteiger partial charge is 0.0627 e. The zero-order chi connectivity index (χ0) is 15.8. The lowest BCUT2D eigenvalue weighted by Crippen LogP contribution is -2.33. The Bertz CT molecular complexity index is 447. The van der Waals surface area contributed by atoms with Crippen LogP contribution in [-0.4, -0.2) is 26.3 Å². The van der Waals surface area contributed by atoms with Crippen molar-refractivity contribution in [2.75, 3.05) is 26.3 Å². The predicted molar refractivity (Wildman–Crippen MR) is 95.1 cm³/mol. The van der Waals surface area contributed by atoms with Crippen molar-refractivity contribution in [3.8, 4) is 0 Å². The summed E-state index contributed by atoms with van der Waals surface area (Å²) in [4.78, 5) is 0. The molecule has 1 aliphatic heterocycles. The summed E-state index contributed by atoms with van der Waals surface area (Å²) in [6, 6.07) is 6.04. The Labute approximate surface area is 144 Å². The van der Waals surface area contributed by atoms with Crippen LogP contribution in [0.15, 0.2) is 18.2 Å². The predicted octanol–water partition coefficient (Wildman–Crippen LogP) is 5.28. The van der Waals surface area contributed by atoms with E-state index in [-0.39, 0.29) is 0 Å². The van der Waals surface area contributed by atoms with E-state index in [9.17, 15) is 0 Å². The van der Waals surface area contributed by atoms with Crippen molar-refractivity contribution in [2.45, 2.75) is 44.9 Å². The quantitative estimate of drug-likeness (QED) is 0.648. The van der Waals surface area contributed by atoms with Gasteiger partial charge in [0.05, 0.1) is 10.0 Å². The number of nitrogens with one attached hydrogen (secondary N) is 1. The van der Waals surface area contributed by atoms with Crippen molar-refractivity contribution < 1.29 is 4.74 Å². The van der Waals surface area contributed by atoms with Gasteiger partial charge in [-0.3, -0.25) is 0 Å². The maximum atomic E-state index is 6.49. The molecule has 0 aromatic heterocycles. The van der Waals surface area contributed by atoms with Crippen LogP contribution in [0.4, 0.5) is 0 Å². The number of hydrogen-bond acceptors (Lipinski definition) is 2. The van der Waals surface area contributed by atoms with Gasteiger partial charge in [0.25, 0.3) is 0 Å². The number of rotatable bonds is 8. The normalized spacial score (nSPS) is 20.0. The first-order valence-electron chi connectivity index (χ1n) is 8.46. The topological polar surface area (TPSA) is 21.3 Å². The van der Waals surface area contributed by atoms with Gasteiger partial charge >= 0.3 is 0 Å². The molecule has 1 aliphatic rings. The van der Waals surface area contributed by atoms with Crippen LogP contribution in [0.5, 0.6) is 0 Å². The second-order valence-corrected chi connectivity index (χ2v) is 6.83. The molecule has 2 rings (SSSR count). The summed E-state index contributed by atoms with van der Waals surface area (Å²) < 4.78 is 5.45. The van der Waals surface area contributed by atoms with E-state index in [1.807, 2.05) is 19.1 Å². The van der Waals surface area contributed by atoms with Gasteiger partial charge in [0.1, 0.15) is 0 Å². The molecule has 1 fully saturated rings. The van der Waals surface area contributed by atoms with Gasteiger partial charge in [-0.25, -0.2) is 0 Å². The number of piperidine rings is 1. The molecule has 0 amide bonds. The van der Waals surface area contributed by atoms with Crippen molar-refractivity contribution in [3.05, 3.63) is 33.8 Å². The van der Waals surface area contributed by atoms with Gasteiger partial charge in [0.2, 0.25) is 0 Å². The summed E-state index contributed by atoms with van der Waals surface area (Å²) in [6.07, 6.45) is 5.95. The second-order valence-electron chi connectivity index (χ2n) is 6.05. The first kappa shape index (κ1) is 18.1. The monoisotopic (exact) mass is 343 g/mol. The number of halogens is 2. The van der Waals surface area contributed by atoms with Gasteiger partial charge in [0.15, 0.2) is 0 Å². The van der Waals surface area contributed by atoms with Gasteiger partial charge in [-0.05, 0) is 69.2 Å². The van der Waals surface area contributed by atoms with Crippen LogP contribution < -0.4 is 5.32 Å². The van der Waals surface area contributed by atoms with E-state index in [2.05, 4.69) is 11.4 Å². The first-order chi connectivity index (χ1) is 10.7. The molecule has 1 N–H and O–H groups in total. The molecule has 2 nitrogen and oxygen atoms in total. The van der Waals surface area contributed by atoms with Gasteiger partial charge in [-0.15, -0.1) is 0 Å². The number of ether oxygens (including phenoxy) is 1. The van der Waals surface area contributed by atoms with Crippen molar-refractivity contribution in [3.63, 3.8) is 0 Å². The highest BCUT2D eigenvalue weighted by atomic mass is 35.5. The summed E-state index contributed by atoms with van der Waals surface area (Å²) in [5, 5.41) is 4.94. The highest BCUT2D eigenvalue weighted by Crippen LogP contribution is 2.39. The fourth-order valence-electron chi connectivity index (χ4n) is 3.39. The Kier molecular flexibility index (Phi) is 8.02. The van der Waals surface area contributed by atoms with Crippen molar-refractivity contribution in [1.82, 2.24) is 5.32 Å². The summed E-state index contributed by atoms with van der Waals surface area (Å²) in [5.74, 6) is 1.14. The number of unbranched alkanes of at least 4 members (excludes halogenated alkanes) is 1. The molecule has 0 saturated carbocycles. The molecule has 0 spiro atoms. The largest absolute Gasteiger partial charge is 0.382 e. The fraction of sp³-hybridized carbons (Fsp3) is 0.667. The molecule has 0 unspecified atom stereocenters. The molecule has 4 heteroatoms. The van der Waals surface area contributed by atoms with E-state index in [1.54, 1.807) is 0 Å². The third-order valence-corrected chi connectivity index (χ3v) is 5.38. The standard InChI is InChI=1S/C18H27Cl2NO/c1-2-22-12-4-3-8-15(14-7-6-11-21-13-14)16-9-5-10-17(19)18(16)20/h5,9-10,14-15,21H,2-4,6-8,11-13H2,1H3/t14-,15-/m0/s1. The van der Waals surface area contributed by atoms with Crippen molar-refractivity contribution in [1.29, 1.82) is 0 Å². The summed E-state index contributed by atoms with van der Waals surface area (Å²) in [5.41, 5.74) is 1.22. The molecule has 1 aromatic carbocycles. The Balaban J connectivity index is 2.05. The van der Waals surface area contributed by atoms with Crippen LogP contribution in [0.3, 0.4) is 0 Å². The average Bonchev–Trinajstić information content (AvgIpc) is 2.55. The lowest BCUT2D eigenvalue weighted by atomic mass is 9.78. The van der Waals surface area contributed by atoms with Crippen LogP contribution in [0.2, 0.25) is 10.0 Å². The lowest BCUT2D eigenvalue weighted by Gasteiger charge is -2.32. The molecule has 2 atom stereocenters. The third-order valence-electron chi connectivity index (χ3n) is 4.54. The van der Waals surface area contributed by atoms with Gasteiger partial charge in [0, 0.05) is 13.2 Å². The number of hydrogen-bond donors (Lipinski definition) is 1. The van der Waals surface area contributed by atoms with Gasteiger partial charge < -0.3 is 10.1 Å². The highest BCUT2D eigenvalue weighted by molar-refractivity contribution is 6.42. The molecule has 0 bridgehead atoms. The Hall–Kier alpha value is -0.280. The van der Waals surface area contributed by atoms with E-state index in [4.69, 9.17) is 27.9 Å². The van der Waals surface area contributed by atoms with E-state index in [0.29, 0.717) is 16.9 Å². The molecule has 0 aliphatic carbocycles. The Morgan fingerprint density at radius 1 is 1.32 bits per heavy atom. The molecule has 22 heavy (non-hydrogen) atoms. The maximum absolute atomic E-state index is 6.49. The zero-order valence-electron chi connectivity index (χ0n) is 13.4. The minimum absolute atomic E-state index is 0.487. The average molecular weight is 344 g/mol. The molecule has 124 valence electrons. The molecule has 1 saturated heterocycles. The number of benzene rings is 1. The molecular weight excluding hydrogens is 317 g/mol. The summed E-state index contributed by atoms with van der Waals surface area (Å²) in [6.45, 7) is 5.92. The first-order valence-corrected chi connectivity index (χ1v) is 9.22. The summed E-state index contributed by atoms with van der Waals surface area (Å²) in [7, 11) is 0. The van der Waals surface area contributed by atoms with Crippen LogP contribution >= 0.6 is 23.2 Å². The van der Waals surface area contributed by atoms with Crippen LogP contribution in [0.1, 0.15) is 50.5 Å². The lowest BCUT2D eigenvalue weighted by molar-refractivity contribution is 0.141. The van der Waals surface area contributed by atoms with E-state index in [0.717, 1.165) is 44.2 Å². The van der Waals surface area contributed by atoms with Crippen molar-refractivity contribution >= 4 is 23.2 Å².